The third kappa shape index (κ3) is 3.30. The van der Waals surface area contributed by atoms with Crippen molar-refractivity contribution in [2.45, 2.75) is 26.4 Å². The monoisotopic (exact) mass is 410 g/mol. The van der Waals surface area contributed by atoms with Gasteiger partial charge in [0.2, 0.25) is 5.88 Å². The molecule has 156 valence electrons. The molecule has 1 N–H and O–H groups in total. The number of nitrogens with zero attached hydrogens (tertiary/aromatic N) is 5. The van der Waals surface area contributed by atoms with E-state index in [4.69, 9.17) is 14.5 Å². The Bertz CT molecular complexity index is 1130. The Kier molecular flexibility index (Phi) is 4.45. The van der Waals surface area contributed by atoms with Crippen LogP contribution in [0.5, 0.6) is 11.6 Å². The molecule has 5 rings (SSSR count). The molecule has 0 fully saturated rings. The summed E-state index contributed by atoms with van der Waals surface area (Å²) in [5.41, 5.74) is 2.85. The van der Waals surface area contributed by atoms with Crippen molar-refractivity contribution in [3.05, 3.63) is 48.2 Å². The number of hydrogen-bond acceptors (Lipinski definition) is 7. The van der Waals surface area contributed by atoms with E-state index in [1.165, 1.54) is 12.3 Å². The first-order chi connectivity index (χ1) is 14.5. The molecule has 0 aliphatic carbocycles. The van der Waals surface area contributed by atoms with E-state index in [1.54, 1.807) is 10.7 Å². The van der Waals surface area contributed by atoms with Gasteiger partial charge in [0, 0.05) is 30.3 Å². The van der Waals surface area contributed by atoms with Gasteiger partial charge in [0.1, 0.15) is 12.4 Å². The van der Waals surface area contributed by atoms with Crippen molar-refractivity contribution < 1.29 is 13.9 Å². The van der Waals surface area contributed by atoms with Gasteiger partial charge in [-0.3, -0.25) is 0 Å². The average molecular weight is 410 g/mol. The van der Waals surface area contributed by atoms with E-state index >= 15 is 0 Å². The number of anilines is 1. The second-order valence-electron chi connectivity index (χ2n) is 8.00. The van der Waals surface area contributed by atoms with Crippen LogP contribution in [0.1, 0.15) is 25.0 Å². The highest BCUT2D eigenvalue weighted by Gasteiger charge is 2.26. The van der Waals surface area contributed by atoms with E-state index in [0.717, 1.165) is 5.56 Å². The Morgan fingerprint density at radius 3 is 2.97 bits per heavy atom. The Morgan fingerprint density at radius 2 is 2.10 bits per heavy atom. The van der Waals surface area contributed by atoms with Crippen molar-refractivity contribution >= 4 is 17.2 Å². The van der Waals surface area contributed by atoms with Crippen LogP contribution in [0.15, 0.2) is 31.2 Å². The lowest BCUT2D eigenvalue weighted by Gasteiger charge is -2.25. The molecule has 0 saturated heterocycles. The van der Waals surface area contributed by atoms with Crippen molar-refractivity contribution in [2.75, 3.05) is 24.7 Å². The first-order valence-electron chi connectivity index (χ1n) is 9.97. The summed E-state index contributed by atoms with van der Waals surface area (Å²) in [7, 11) is 0. The van der Waals surface area contributed by atoms with Crippen LogP contribution in [0.2, 0.25) is 0 Å². The summed E-state index contributed by atoms with van der Waals surface area (Å²) in [6, 6.07) is 1.42. The number of nitrogens with one attached hydrogen (secondary N) is 1. The maximum Gasteiger partial charge on any atom is 0.218 e. The standard InChI is InChI=1S/C21H23FN6O2/c1-12-7-27-8-15-4-16(22)5-23-21(15)30-11-13(2)25-14(3)17-6-24-28-9-18(29-10-12)20(27)26-19(17)28/h4-6,9,12-13,25H,3,7-8,10-11H2,1-2H3/t12-,13+/m0/s1. The number of hydrogen-bond donors (Lipinski definition) is 1. The molecule has 0 spiro atoms. The van der Waals surface area contributed by atoms with Gasteiger partial charge in [-0.1, -0.05) is 13.5 Å². The third-order valence-corrected chi connectivity index (χ3v) is 5.26. The van der Waals surface area contributed by atoms with Crippen molar-refractivity contribution in [3.63, 3.8) is 0 Å². The Hall–Kier alpha value is -3.36. The van der Waals surface area contributed by atoms with Crippen LogP contribution >= 0.6 is 0 Å². The summed E-state index contributed by atoms with van der Waals surface area (Å²) < 4.78 is 27.7. The maximum atomic E-state index is 14.0. The minimum absolute atomic E-state index is 0.0509. The van der Waals surface area contributed by atoms with Crippen LogP contribution in [0.25, 0.3) is 11.3 Å². The number of ether oxygens (including phenoxy) is 2. The van der Waals surface area contributed by atoms with Crippen LogP contribution in [-0.2, 0) is 6.54 Å². The molecule has 0 aromatic carbocycles. The SMILES string of the molecule is C=C1N[C@H](C)COc2ncc(F)cc2CN2C[C@H](C)COc3cn4ncc1c4nc32. The molecule has 0 saturated carbocycles. The lowest BCUT2D eigenvalue weighted by molar-refractivity contribution is 0.269. The molecular formula is C21H23FN6O2. The first-order valence-corrected chi connectivity index (χ1v) is 9.97. The van der Waals surface area contributed by atoms with Crippen molar-refractivity contribution in [1.82, 2.24) is 24.9 Å². The molecule has 0 radical (unpaired) electrons. The highest BCUT2D eigenvalue weighted by atomic mass is 19.1. The fraction of sp³-hybridized carbons (Fsp3) is 0.381. The fourth-order valence-corrected chi connectivity index (χ4v) is 3.85. The van der Waals surface area contributed by atoms with Crippen molar-refractivity contribution in [3.8, 4) is 11.6 Å². The molecule has 3 aromatic heterocycles. The summed E-state index contributed by atoms with van der Waals surface area (Å²) in [5, 5.41) is 7.76. The Balaban J connectivity index is 1.70. The Morgan fingerprint density at radius 1 is 1.23 bits per heavy atom. The van der Waals surface area contributed by atoms with E-state index in [2.05, 4.69) is 33.8 Å². The van der Waals surface area contributed by atoms with Gasteiger partial charge in [-0.25, -0.2) is 18.9 Å². The van der Waals surface area contributed by atoms with Gasteiger partial charge in [0.15, 0.2) is 17.2 Å². The predicted octanol–water partition coefficient (Wildman–Crippen LogP) is 2.64. The minimum Gasteiger partial charge on any atom is -0.488 e. The summed E-state index contributed by atoms with van der Waals surface area (Å²) >= 11 is 0. The van der Waals surface area contributed by atoms with E-state index in [9.17, 15) is 4.39 Å². The van der Waals surface area contributed by atoms with Gasteiger partial charge < -0.3 is 19.7 Å². The lowest BCUT2D eigenvalue weighted by Crippen LogP contribution is -2.31. The highest BCUT2D eigenvalue weighted by molar-refractivity contribution is 5.75. The van der Waals surface area contributed by atoms with Crippen LogP contribution in [0, 0.1) is 11.7 Å². The van der Waals surface area contributed by atoms with Gasteiger partial charge in [-0.2, -0.15) is 5.10 Å². The summed E-state index contributed by atoms with van der Waals surface area (Å²) in [4.78, 5) is 11.2. The molecule has 0 amide bonds. The van der Waals surface area contributed by atoms with E-state index in [-0.39, 0.29) is 12.0 Å². The zero-order valence-corrected chi connectivity index (χ0v) is 16.9. The largest absolute Gasteiger partial charge is 0.488 e. The molecule has 30 heavy (non-hydrogen) atoms. The second-order valence-corrected chi connectivity index (χ2v) is 8.00. The minimum atomic E-state index is -0.401. The molecule has 3 aromatic rings. The molecule has 2 aliphatic heterocycles. The van der Waals surface area contributed by atoms with Gasteiger partial charge in [0.25, 0.3) is 0 Å². The number of aromatic nitrogens is 4. The molecule has 9 heteroatoms. The van der Waals surface area contributed by atoms with Crippen LogP contribution < -0.4 is 19.7 Å². The van der Waals surface area contributed by atoms with E-state index in [1.807, 2.05) is 13.1 Å². The number of pyridine rings is 1. The summed E-state index contributed by atoms with van der Waals surface area (Å²) in [6.07, 6.45) is 4.75. The third-order valence-electron chi connectivity index (χ3n) is 5.26. The molecular weight excluding hydrogens is 387 g/mol. The summed E-state index contributed by atoms with van der Waals surface area (Å²) in [6.45, 7) is 10.3. The first kappa shape index (κ1) is 18.7. The van der Waals surface area contributed by atoms with Crippen LogP contribution in [0.4, 0.5) is 10.2 Å². The molecule has 0 unspecified atom stereocenters. The number of halogens is 1. The molecule has 5 heterocycles. The topological polar surface area (TPSA) is 76.8 Å². The zero-order valence-electron chi connectivity index (χ0n) is 16.9. The second kappa shape index (κ2) is 7.16. The number of rotatable bonds is 0. The van der Waals surface area contributed by atoms with Gasteiger partial charge in [0.05, 0.1) is 36.8 Å². The molecule has 8 nitrogen and oxygen atoms in total. The smallest absolute Gasteiger partial charge is 0.218 e. The number of fused-ring (bicyclic) bond motifs is 1. The molecule has 2 aliphatic rings. The fourth-order valence-electron chi connectivity index (χ4n) is 3.85. The zero-order chi connectivity index (χ0) is 20.8. The van der Waals surface area contributed by atoms with Gasteiger partial charge in [-0.05, 0) is 13.0 Å². The van der Waals surface area contributed by atoms with Crippen LogP contribution in [0.3, 0.4) is 0 Å². The van der Waals surface area contributed by atoms with Crippen molar-refractivity contribution in [1.29, 1.82) is 0 Å². The highest BCUT2D eigenvalue weighted by Crippen LogP contribution is 2.34. The van der Waals surface area contributed by atoms with E-state index in [0.29, 0.717) is 60.7 Å². The molecule has 2 atom stereocenters. The molecule has 2 bridgehead atoms. The normalized spacial score (nSPS) is 21.4. The average Bonchev–Trinajstić information content (AvgIpc) is 3.06. The quantitative estimate of drug-likeness (QED) is 0.611. The lowest BCUT2D eigenvalue weighted by atomic mass is 10.1. The Labute approximate surface area is 173 Å². The van der Waals surface area contributed by atoms with Gasteiger partial charge in [-0.15, -0.1) is 0 Å². The van der Waals surface area contributed by atoms with Crippen molar-refractivity contribution in [2.24, 2.45) is 5.92 Å². The van der Waals surface area contributed by atoms with Gasteiger partial charge >= 0.3 is 0 Å². The van der Waals surface area contributed by atoms with Crippen LogP contribution in [-0.4, -0.2) is 45.4 Å². The predicted molar refractivity (Wildman–Crippen MR) is 110 cm³/mol. The maximum absolute atomic E-state index is 14.0. The van der Waals surface area contributed by atoms with E-state index < -0.39 is 5.82 Å². The summed E-state index contributed by atoms with van der Waals surface area (Å²) in [5.74, 6) is 1.59.